The summed E-state index contributed by atoms with van der Waals surface area (Å²) >= 11 is 0. The molecule has 0 radical (unpaired) electrons. The Hall–Kier alpha value is -2.23. The van der Waals surface area contributed by atoms with E-state index in [1.165, 1.54) is 6.20 Å². The first-order valence-electron chi connectivity index (χ1n) is 8.04. The third kappa shape index (κ3) is 4.65. The molecule has 0 atom stereocenters. The number of H-pyrrole nitrogens is 1. The summed E-state index contributed by atoms with van der Waals surface area (Å²) in [5, 5.41) is 4.05. The van der Waals surface area contributed by atoms with E-state index in [0.717, 1.165) is 36.8 Å². The van der Waals surface area contributed by atoms with Gasteiger partial charge in [-0.1, -0.05) is 0 Å². The van der Waals surface area contributed by atoms with E-state index in [0.29, 0.717) is 18.2 Å². The predicted octanol–water partition coefficient (Wildman–Crippen LogP) is 1.47. The molecule has 1 fully saturated rings. The number of nitrogens with zero attached hydrogens (tertiary/aromatic N) is 5. The normalized spacial score (nSPS) is 17.1. The van der Waals surface area contributed by atoms with Gasteiger partial charge < -0.3 is 9.88 Å². The molecule has 1 saturated heterocycles. The minimum absolute atomic E-state index is 0.0107. The maximum Gasteiger partial charge on any atom is 0.408 e. The largest absolute Gasteiger partial charge is 0.408 e. The Bertz CT molecular complexity index is 756. The molecule has 1 N–H and O–H groups in total. The van der Waals surface area contributed by atoms with Gasteiger partial charge in [0.05, 0.1) is 6.20 Å². The van der Waals surface area contributed by atoms with Gasteiger partial charge in [-0.05, 0) is 38.9 Å². The van der Waals surface area contributed by atoms with Gasteiger partial charge in [0.2, 0.25) is 0 Å². The lowest BCUT2D eigenvalue weighted by Crippen LogP contribution is -2.31. The molecule has 3 heterocycles. The van der Waals surface area contributed by atoms with Gasteiger partial charge in [-0.2, -0.15) is 18.3 Å². The molecule has 0 saturated carbocycles. The number of aromatic nitrogens is 5. The smallest absolute Gasteiger partial charge is 0.325 e. The van der Waals surface area contributed by atoms with Crippen LogP contribution in [0, 0.1) is 5.92 Å². The quantitative estimate of drug-likeness (QED) is 0.898. The molecule has 136 valence electrons. The van der Waals surface area contributed by atoms with Crippen molar-refractivity contribution in [2.75, 3.05) is 20.1 Å². The summed E-state index contributed by atoms with van der Waals surface area (Å²) in [5.74, 6) is 0.743. The first-order chi connectivity index (χ1) is 11.8. The molecule has 25 heavy (non-hydrogen) atoms. The van der Waals surface area contributed by atoms with Crippen LogP contribution in [0.15, 0.2) is 17.2 Å². The standard InChI is InChI=1S/C15H19F3N6O/c1-23-4-2-10(3-5-23)6-12-21-14(11-7-20-13(25)8-19-11)24(22-12)9-15(16,17)18/h7-8,10H,2-6,9H2,1H3,(H,20,25). The fourth-order valence-electron chi connectivity index (χ4n) is 2.93. The van der Waals surface area contributed by atoms with Crippen molar-refractivity contribution in [2.45, 2.75) is 32.0 Å². The molecule has 1 aliphatic rings. The zero-order valence-electron chi connectivity index (χ0n) is 13.8. The molecule has 0 amide bonds. The summed E-state index contributed by atoms with van der Waals surface area (Å²) < 4.78 is 39.3. The van der Waals surface area contributed by atoms with E-state index in [9.17, 15) is 18.0 Å². The Labute approximate surface area is 141 Å². The summed E-state index contributed by atoms with van der Waals surface area (Å²) in [6, 6.07) is 0. The van der Waals surface area contributed by atoms with Crippen LogP contribution in [0.2, 0.25) is 0 Å². The molecule has 0 spiro atoms. The number of hydrogen-bond acceptors (Lipinski definition) is 5. The van der Waals surface area contributed by atoms with Gasteiger partial charge >= 0.3 is 6.18 Å². The third-order valence-electron chi connectivity index (χ3n) is 4.26. The molecule has 2 aromatic rings. The highest BCUT2D eigenvalue weighted by Crippen LogP contribution is 2.24. The molecule has 7 nitrogen and oxygen atoms in total. The molecule has 0 bridgehead atoms. The molecule has 10 heteroatoms. The Morgan fingerprint density at radius 2 is 2.04 bits per heavy atom. The Morgan fingerprint density at radius 3 is 2.64 bits per heavy atom. The molecule has 0 aromatic carbocycles. The average Bonchev–Trinajstić information content (AvgIpc) is 2.91. The van der Waals surface area contributed by atoms with Crippen molar-refractivity contribution in [3.8, 4) is 11.5 Å². The maximum atomic E-state index is 12.8. The Morgan fingerprint density at radius 1 is 1.32 bits per heavy atom. The number of piperidine rings is 1. The van der Waals surface area contributed by atoms with Gasteiger partial charge in [-0.3, -0.25) is 4.79 Å². The number of rotatable bonds is 4. The fourth-order valence-corrected chi connectivity index (χ4v) is 2.93. The molecule has 0 aliphatic carbocycles. The summed E-state index contributed by atoms with van der Waals surface area (Å²) in [5.41, 5.74) is -0.275. The van der Waals surface area contributed by atoms with E-state index in [4.69, 9.17) is 0 Å². The number of alkyl halides is 3. The van der Waals surface area contributed by atoms with Crippen molar-refractivity contribution >= 4 is 0 Å². The van der Waals surface area contributed by atoms with Crippen LogP contribution in [0.5, 0.6) is 0 Å². The van der Waals surface area contributed by atoms with E-state index in [1.807, 2.05) is 7.05 Å². The SMILES string of the molecule is CN1CCC(Cc2nc(-c3c[nH]c(=O)cn3)n(CC(F)(F)F)n2)CC1. The summed E-state index contributed by atoms with van der Waals surface area (Å²) in [6.45, 7) is 0.675. The second kappa shape index (κ2) is 6.95. The number of aromatic amines is 1. The molecule has 0 unspecified atom stereocenters. The average molecular weight is 356 g/mol. The van der Waals surface area contributed by atoms with E-state index >= 15 is 0 Å². The first-order valence-corrected chi connectivity index (χ1v) is 8.04. The van der Waals surface area contributed by atoms with Gasteiger partial charge in [-0.25, -0.2) is 14.6 Å². The zero-order valence-corrected chi connectivity index (χ0v) is 13.8. The van der Waals surface area contributed by atoms with Crippen LogP contribution >= 0.6 is 0 Å². The Kier molecular flexibility index (Phi) is 4.89. The van der Waals surface area contributed by atoms with Gasteiger partial charge in [-0.15, -0.1) is 0 Å². The fraction of sp³-hybridized carbons (Fsp3) is 0.600. The highest BCUT2D eigenvalue weighted by atomic mass is 19.4. The van der Waals surface area contributed by atoms with Crippen LogP contribution in [0.3, 0.4) is 0 Å². The molecule has 1 aliphatic heterocycles. The molecule has 2 aromatic heterocycles. The second-order valence-corrected chi connectivity index (χ2v) is 6.37. The number of nitrogens with one attached hydrogen (secondary N) is 1. The van der Waals surface area contributed by atoms with Crippen LogP contribution in [-0.2, 0) is 13.0 Å². The summed E-state index contributed by atoms with van der Waals surface area (Å²) in [4.78, 5) is 23.9. The summed E-state index contributed by atoms with van der Waals surface area (Å²) in [7, 11) is 2.05. The minimum Gasteiger partial charge on any atom is -0.325 e. The van der Waals surface area contributed by atoms with Crippen LogP contribution in [0.1, 0.15) is 18.7 Å². The van der Waals surface area contributed by atoms with Gasteiger partial charge in [0.1, 0.15) is 12.2 Å². The highest BCUT2D eigenvalue weighted by molar-refractivity contribution is 5.47. The lowest BCUT2D eigenvalue weighted by molar-refractivity contribution is -0.142. The topological polar surface area (TPSA) is 79.7 Å². The van der Waals surface area contributed by atoms with Crippen LogP contribution in [-0.4, -0.2) is 55.9 Å². The first kappa shape index (κ1) is 17.6. The van der Waals surface area contributed by atoms with Crippen molar-refractivity contribution in [3.05, 3.63) is 28.6 Å². The lowest BCUT2D eigenvalue weighted by Gasteiger charge is -2.28. The minimum atomic E-state index is -4.42. The van der Waals surface area contributed by atoms with E-state index in [1.54, 1.807) is 0 Å². The van der Waals surface area contributed by atoms with Crippen LogP contribution in [0.4, 0.5) is 13.2 Å². The van der Waals surface area contributed by atoms with Crippen molar-refractivity contribution in [3.63, 3.8) is 0 Å². The van der Waals surface area contributed by atoms with E-state index in [2.05, 4.69) is 25.0 Å². The van der Waals surface area contributed by atoms with Crippen molar-refractivity contribution in [1.29, 1.82) is 0 Å². The number of halogens is 3. The van der Waals surface area contributed by atoms with Crippen molar-refractivity contribution < 1.29 is 13.2 Å². The number of likely N-dealkylation sites (tertiary alicyclic amines) is 1. The monoisotopic (exact) mass is 356 g/mol. The molecule has 3 rings (SSSR count). The van der Waals surface area contributed by atoms with Crippen LogP contribution in [0.25, 0.3) is 11.5 Å². The number of hydrogen-bond donors (Lipinski definition) is 1. The van der Waals surface area contributed by atoms with Crippen LogP contribution < -0.4 is 5.56 Å². The molecular weight excluding hydrogens is 337 g/mol. The predicted molar refractivity (Wildman–Crippen MR) is 83.9 cm³/mol. The zero-order chi connectivity index (χ0) is 18.0. The van der Waals surface area contributed by atoms with Crippen molar-refractivity contribution in [1.82, 2.24) is 29.6 Å². The highest BCUT2D eigenvalue weighted by Gasteiger charge is 2.31. The van der Waals surface area contributed by atoms with Crippen molar-refractivity contribution in [2.24, 2.45) is 5.92 Å². The summed E-state index contributed by atoms with van der Waals surface area (Å²) in [6.07, 6.45) is 0.314. The van der Waals surface area contributed by atoms with E-state index < -0.39 is 18.3 Å². The van der Waals surface area contributed by atoms with Gasteiger partial charge in [0.15, 0.2) is 11.6 Å². The van der Waals surface area contributed by atoms with Gasteiger partial charge in [0, 0.05) is 12.6 Å². The Balaban J connectivity index is 1.86. The third-order valence-corrected chi connectivity index (χ3v) is 4.26. The maximum absolute atomic E-state index is 12.8. The molecular formula is C15H19F3N6O. The lowest BCUT2D eigenvalue weighted by atomic mass is 9.94. The second-order valence-electron chi connectivity index (χ2n) is 6.37. The van der Waals surface area contributed by atoms with Gasteiger partial charge in [0.25, 0.3) is 5.56 Å². The van der Waals surface area contributed by atoms with E-state index in [-0.39, 0.29) is 11.5 Å².